The molecule has 0 bridgehead atoms. The van der Waals surface area contributed by atoms with Crippen LogP contribution in [-0.4, -0.2) is 407 Å². The molecule has 0 spiro atoms. The summed E-state index contributed by atoms with van der Waals surface area (Å²) < 4.78 is 84.2. The molecule has 0 aromatic rings. The van der Waals surface area contributed by atoms with Gasteiger partial charge < -0.3 is 170 Å². The Morgan fingerprint density at radius 3 is 1.33 bits per heavy atom. The van der Waals surface area contributed by atoms with E-state index < -0.39 is 271 Å². The van der Waals surface area contributed by atoms with Crippen LogP contribution in [0.5, 0.6) is 0 Å². The van der Waals surface area contributed by atoms with Crippen molar-refractivity contribution in [3.05, 3.63) is 0 Å². The van der Waals surface area contributed by atoms with Crippen molar-refractivity contribution in [3.63, 3.8) is 0 Å². The summed E-state index contributed by atoms with van der Waals surface area (Å²) in [5.74, 6) is -9.22. The maximum absolute atomic E-state index is 14.9. The number of aliphatic hydroxyl groups excluding tert-OH is 13. The van der Waals surface area contributed by atoms with Crippen molar-refractivity contribution in [3.8, 4) is 0 Å². The van der Waals surface area contributed by atoms with E-state index in [1.165, 1.54) is 11.8 Å². The first-order valence-corrected chi connectivity index (χ1v) is 43.4. The molecule has 0 radical (unpaired) electrons. The Morgan fingerprint density at radius 2 is 0.863 bits per heavy atom. The average molecular weight is 1810 g/mol. The molecule has 5 aliphatic rings. The highest BCUT2D eigenvalue weighted by Crippen LogP contribution is 2.49. The molecule has 5 saturated heterocycles. The Kier molecular flexibility index (Phi) is 48.7. The number of carbonyl (C=O) groups is 10. The van der Waals surface area contributed by atoms with Gasteiger partial charge in [-0.25, -0.2) is 4.57 Å². The highest BCUT2D eigenvalue weighted by Gasteiger charge is 2.54. The van der Waals surface area contributed by atoms with Crippen LogP contribution in [0.25, 0.3) is 0 Å². The van der Waals surface area contributed by atoms with Crippen LogP contribution >= 0.6 is 7.82 Å². The fraction of sp³-hybridized carbons (Fsp3) is 0.870. The zero-order valence-electron chi connectivity index (χ0n) is 71.1. The van der Waals surface area contributed by atoms with Gasteiger partial charge in [-0.3, -0.25) is 52.5 Å². The normalized spacial score (nSPS) is 30.3. The Hall–Kier alpha value is -5.59. The number of phosphoric acid groups is 1. The van der Waals surface area contributed by atoms with E-state index in [9.17, 15) is 129 Å². The standard InChI is InChI=1S/C77H134N7O39P/c1-43-62(98)64(100)53(35-85)120-72(43)115-30-26-111-22-8-11-48(92)15-16-51(71(107)79-21-25-114-28-31-116-73-44(2)63(99)65(101)54(36-86)121-73)83-70(106)47(34-49(93)10-7-13-59(97)84-39-76(5,41-89)77(6,40-84)42-119-124(108,109)110)14-18-58(96)82-50(52(94)12-9-23-112-27-32-117-74-60(80-45(3)90)68(104)66(102)55(37-87)122-74)17-19-57(95)78-20-24-113-29-33-118-75-61(81-46(4)91)69(105)67(103)56(38-88)123-75/h43-44,47,50-51,53-56,60-69,72-75,85-89,98-105H,7-42H2,1-6H3,(H,78,95)(H,79,107)(H,80,90)(H,81,91)(H,82,96)(H,83,106)(H2,108,109,110)/t43-,44-,47-,50?,51?,53-,54-,55-,56-,60-,61-,62-,63-,64+,65+,66+,67+,68-,69-,72?,73?,74?,75?,76-,77+/m1/s1. The van der Waals surface area contributed by atoms with Gasteiger partial charge in [-0.2, -0.15) is 0 Å². The third kappa shape index (κ3) is 35.7. The molecular weight excluding hydrogens is 1680 g/mol. The molecule has 0 aliphatic carbocycles. The Balaban J connectivity index is 1.31. The molecule has 0 aromatic heterocycles. The lowest BCUT2D eigenvalue weighted by Gasteiger charge is -2.42. The van der Waals surface area contributed by atoms with Crippen LogP contribution in [0, 0.1) is 28.6 Å². The smallest absolute Gasteiger partial charge is 0.396 e. The highest BCUT2D eigenvalue weighted by molar-refractivity contribution is 7.46. The molecule has 124 heavy (non-hydrogen) atoms. The summed E-state index contributed by atoms with van der Waals surface area (Å²) in [5, 5.41) is 148. The fourth-order valence-electron chi connectivity index (χ4n) is 14.6. The van der Waals surface area contributed by atoms with Gasteiger partial charge in [-0.15, -0.1) is 0 Å². The van der Waals surface area contributed by atoms with Gasteiger partial charge in [0.15, 0.2) is 30.9 Å². The minimum atomic E-state index is -4.97. The quantitative estimate of drug-likeness (QED) is 0.0199. The molecule has 716 valence electrons. The molecule has 5 heterocycles. The number of ketones is 3. The molecule has 7 amide bonds. The van der Waals surface area contributed by atoms with Gasteiger partial charge in [0, 0.05) is 133 Å². The second-order valence-electron chi connectivity index (χ2n) is 32.2. The number of aliphatic hydroxyl groups is 13. The Bertz CT molecular complexity index is 3320. The van der Waals surface area contributed by atoms with Crippen LogP contribution in [-0.2, 0) is 114 Å². The lowest BCUT2D eigenvalue weighted by atomic mass is 9.69. The van der Waals surface area contributed by atoms with Gasteiger partial charge in [0.25, 0.3) is 0 Å². The summed E-state index contributed by atoms with van der Waals surface area (Å²) in [5.41, 5.74) is -2.22. The summed E-state index contributed by atoms with van der Waals surface area (Å²) in [6, 6.07) is -5.33. The largest absolute Gasteiger partial charge is 0.469 e. The number of nitrogens with zero attached hydrogens (tertiary/aromatic N) is 1. The SMILES string of the molecule is CC(=O)N[C@H]1C(OCCOCCCC(=O)C(CCC(=O)NCCOCCOC2O[C@H](CO)[C@H](O)[C@H](O)[C@H]2NC(C)=O)NC(=O)CC[C@H](CC(=O)CCCC(=O)N2C[C@](C)(CO)[C@](C)(COP(=O)(O)O)C2)C(=O)NC(CCC(=O)CCCOCCOC2O[C@H](CO)[C@H](O)[C@H](O)[C@H]2C)C(=O)NCCOCCOC2O[C@H](CO)[C@H](O)[C@H](O)[C@H]2C)O[C@H](CO)[C@H](O)[C@@H]1O. The molecule has 0 aromatic carbocycles. The molecule has 47 heteroatoms. The van der Waals surface area contributed by atoms with Crippen LogP contribution < -0.4 is 31.9 Å². The van der Waals surface area contributed by atoms with Crippen molar-refractivity contribution < 1.29 is 190 Å². The minimum Gasteiger partial charge on any atom is -0.396 e. The first kappa shape index (κ1) is 109. The van der Waals surface area contributed by atoms with E-state index in [-0.39, 0.29) is 182 Å². The first-order chi connectivity index (χ1) is 58.8. The van der Waals surface area contributed by atoms with Gasteiger partial charge >= 0.3 is 7.82 Å². The van der Waals surface area contributed by atoms with Crippen molar-refractivity contribution >= 4 is 66.5 Å². The number of hydrogen-bond donors (Lipinski definition) is 21. The van der Waals surface area contributed by atoms with Crippen molar-refractivity contribution in [2.24, 2.45) is 28.6 Å². The predicted molar refractivity (Wildman–Crippen MR) is 423 cm³/mol. The number of rotatable bonds is 60. The van der Waals surface area contributed by atoms with Crippen LogP contribution in [0.15, 0.2) is 0 Å². The van der Waals surface area contributed by atoms with Crippen LogP contribution in [0.2, 0.25) is 0 Å². The summed E-state index contributed by atoms with van der Waals surface area (Å²) in [4.78, 5) is 157. The lowest BCUT2D eigenvalue weighted by Crippen LogP contribution is -2.64. The number of ether oxygens (including phenoxy) is 12. The Morgan fingerprint density at radius 1 is 0.444 bits per heavy atom. The van der Waals surface area contributed by atoms with Crippen LogP contribution in [0.1, 0.15) is 131 Å². The molecule has 0 saturated carbocycles. The summed E-state index contributed by atoms with van der Waals surface area (Å²) >= 11 is 0. The number of hydrogen-bond acceptors (Lipinski definition) is 37. The van der Waals surface area contributed by atoms with E-state index in [1.807, 2.05) is 0 Å². The van der Waals surface area contributed by atoms with E-state index >= 15 is 0 Å². The monoisotopic (exact) mass is 1810 g/mol. The van der Waals surface area contributed by atoms with Gasteiger partial charge in [0.05, 0.1) is 124 Å². The predicted octanol–water partition coefficient (Wildman–Crippen LogP) is -7.90. The number of phosphoric ester groups is 1. The fourth-order valence-corrected chi connectivity index (χ4v) is 15.0. The molecule has 5 aliphatic heterocycles. The van der Waals surface area contributed by atoms with Crippen molar-refractivity contribution in [1.29, 1.82) is 0 Å². The van der Waals surface area contributed by atoms with Crippen molar-refractivity contribution in [1.82, 2.24) is 36.8 Å². The molecule has 21 N–H and O–H groups in total. The molecule has 6 unspecified atom stereocenters. The summed E-state index contributed by atoms with van der Waals surface area (Å²) in [6.07, 6.45) is -24.5. The lowest BCUT2D eigenvalue weighted by molar-refractivity contribution is -0.284. The zero-order valence-corrected chi connectivity index (χ0v) is 72.0. The average Bonchev–Trinajstić information content (AvgIpc) is 1.61. The topological polar surface area (TPSA) is 687 Å². The van der Waals surface area contributed by atoms with E-state index in [0.717, 1.165) is 6.92 Å². The second kappa shape index (κ2) is 55.4. The molecule has 5 rings (SSSR count). The molecule has 25 atom stereocenters. The van der Waals surface area contributed by atoms with E-state index in [4.69, 9.17) is 61.4 Å². The molecular formula is C77H134N7O39P. The Labute approximate surface area is 718 Å². The second-order valence-corrected chi connectivity index (χ2v) is 33.4. The van der Waals surface area contributed by atoms with Gasteiger partial charge in [0.2, 0.25) is 41.4 Å². The third-order valence-electron chi connectivity index (χ3n) is 22.4. The summed E-state index contributed by atoms with van der Waals surface area (Å²) in [6.45, 7) is 3.64. The van der Waals surface area contributed by atoms with E-state index in [1.54, 1.807) is 27.7 Å². The number of nitrogens with one attached hydrogen (secondary N) is 6. The van der Waals surface area contributed by atoms with E-state index in [0.29, 0.717) is 0 Å². The van der Waals surface area contributed by atoms with Crippen molar-refractivity contribution in [2.45, 2.75) is 254 Å². The first-order valence-electron chi connectivity index (χ1n) is 41.9. The number of Topliss-reactive ketones (excluding diaryl/α,β-unsaturated/α-hetero) is 3. The third-order valence-corrected chi connectivity index (χ3v) is 22.9. The number of likely N-dealkylation sites (tertiary alicyclic amines) is 1. The number of carbonyl (C=O) groups excluding carboxylic acids is 10. The summed E-state index contributed by atoms with van der Waals surface area (Å²) in [7, 11) is -4.97. The zero-order chi connectivity index (χ0) is 92.0. The van der Waals surface area contributed by atoms with E-state index in [2.05, 4.69) is 31.9 Å². The van der Waals surface area contributed by atoms with Crippen molar-refractivity contribution in [2.75, 3.05) is 145 Å². The van der Waals surface area contributed by atoms with Crippen LogP contribution in [0.4, 0.5) is 0 Å². The van der Waals surface area contributed by atoms with Gasteiger partial charge in [-0.05, 0) is 38.5 Å². The highest BCUT2D eigenvalue weighted by atomic mass is 31.2. The minimum absolute atomic E-state index is 0.0172. The molecule has 46 nitrogen and oxygen atoms in total. The van der Waals surface area contributed by atoms with Gasteiger partial charge in [0.1, 0.15) is 90.7 Å². The maximum atomic E-state index is 14.9. The number of amides is 7. The maximum Gasteiger partial charge on any atom is 0.469 e. The van der Waals surface area contributed by atoms with Gasteiger partial charge in [-0.1, -0.05) is 27.7 Å². The molecule has 5 fully saturated rings. The van der Waals surface area contributed by atoms with Crippen LogP contribution in [0.3, 0.4) is 0 Å².